The SMILES string of the molecule is COc1ccc(NC(=O)C2CN(S(=O)(=O)Cc3ccccc3)c3ccccc3O2)cc1. The summed E-state index contributed by atoms with van der Waals surface area (Å²) in [5.41, 5.74) is 1.66. The van der Waals surface area contributed by atoms with Crippen LogP contribution in [0, 0.1) is 0 Å². The van der Waals surface area contributed by atoms with Crippen molar-refractivity contribution in [2.24, 2.45) is 0 Å². The largest absolute Gasteiger partial charge is 0.497 e. The molecule has 0 fully saturated rings. The molecule has 31 heavy (non-hydrogen) atoms. The molecule has 1 atom stereocenters. The zero-order valence-electron chi connectivity index (χ0n) is 16.9. The van der Waals surface area contributed by atoms with E-state index in [0.717, 1.165) is 0 Å². The predicted molar refractivity (Wildman–Crippen MR) is 119 cm³/mol. The summed E-state index contributed by atoms with van der Waals surface area (Å²) >= 11 is 0. The van der Waals surface area contributed by atoms with Crippen LogP contribution in [0.3, 0.4) is 0 Å². The lowest BCUT2D eigenvalue weighted by molar-refractivity contribution is -0.122. The molecule has 1 amide bonds. The summed E-state index contributed by atoms with van der Waals surface area (Å²) in [6.45, 7) is -0.117. The van der Waals surface area contributed by atoms with Crippen LogP contribution in [0.25, 0.3) is 0 Å². The second kappa shape index (κ2) is 8.69. The van der Waals surface area contributed by atoms with Gasteiger partial charge in [0.1, 0.15) is 11.5 Å². The van der Waals surface area contributed by atoms with Crippen molar-refractivity contribution in [3.63, 3.8) is 0 Å². The Balaban J connectivity index is 1.58. The van der Waals surface area contributed by atoms with E-state index in [1.54, 1.807) is 79.9 Å². The summed E-state index contributed by atoms with van der Waals surface area (Å²) < 4.78 is 38.7. The van der Waals surface area contributed by atoms with Crippen LogP contribution < -0.4 is 19.1 Å². The molecule has 0 spiro atoms. The smallest absolute Gasteiger partial charge is 0.267 e. The van der Waals surface area contributed by atoms with E-state index < -0.39 is 22.0 Å². The number of carbonyl (C=O) groups is 1. The molecule has 1 aliphatic heterocycles. The second-order valence-electron chi connectivity index (χ2n) is 7.06. The highest BCUT2D eigenvalue weighted by Crippen LogP contribution is 2.36. The minimum Gasteiger partial charge on any atom is -0.497 e. The van der Waals surface area contributed by atoms with E-state index in [1.165, 1.54) is 4.31 Å². The maximum absolute atomic E-state index is 13.2. The number of ether oxygens (including phenoxy) is 2. The highest BCUT2D eigenvalue weighted by atomic mass is 32.2. The zero-order chi connectivity index (χ0) is 21.8. The van der Waals surface area contributed by atoms with E-state index in [1.807, 2.05) is 6.07 Å². The van der Waals surface area contributed by atoms with Crippen LogP contribution >= 0.6 is 0 Å². The van der Waals surface area contributed by atoms with Crippen LogP contribution in [0.15, 0.2) is 78.9 Å². The van der Waals surface area contributed by atoms with Gasteiger partial charge in [0.2, 0.25) is 10.0 Å². The number of carbonyl (C=O) groups excluding carboxylic acids is 1. The molecule has 0 saturated carbocycles. The van der Waals surface area contributed by atoms with E-state index >= 15 is 0 Å². The quantitative estimate of drug-likeness (QED) is 0.637. The van der Waals surface area contributed by atoms with E-state index in [9.17, 15) is 13.2 Å². The fourth-order valence-electron chi connectivity index (χ4n) is 3.36. The number of amides is 1. The van der Waals surface area contributed by atoms with Crippen molar-refractivity contribution in [2.45, 2.75) is 11.9 Å². The minimum atomic E-state index is -3.74. The van der Waals surface area contributed by atoms with Crippen LogP contribution in [0.1, 0.15) is 5.56 Å². The average molecular weight is 439 g/mol. The van der Waals surface area contributed by atoms with Crippen LogP contribution in [0.2, 0.25) is 0 Å². The van der Waals surface area contributed by atoms with Gasteiger partial charge in [-0.15, -0.1) is 0 Å². The lowest BCUT2D eigenvalue weighted by atomic mass is 10.2. The van der Waals surface area contributed by atoms with Gasteiger partial charge in [-0.1, -0.05) is 42.5 Å². The van der Waals surface area contributed by atoms with E-state index in [-0.39, 0.29) is 12.3 Å². The van der Waals surface area contributed by atoms with Gasteiger partial charge in [-0.25, -0.2) is 8.42 Å². The van der Waals surface area contributed by atoms with Gasteiger partial charge in [0.25, 0.3) is 5.91 Å². The van der Waals surface area contributed by atoms with Crippen LogP contribution in [-0.2, 0) is 20.6 Å². The van der Waals surface area contributed by atoms with Gasteiger partial charge in [-0.05, 0) is 42.0 Å². The van der Waals surface area contributed by atoms with Crippen molar-refractivity contribution < 1.29 is 22.7 Å². The molecule has 1 unspecified atom stereocenters. The van der Waals surface area contributed by atoms with Crippen LogP contribution in [0.4, 0.5) is 11.4 Å². The molecule has 0 bridgehead atoms. The number of nitrogens with zero attached hydrogens (tertiary/aromatic N) is 1. The third-order valence-electron chi connectivity index (χ3n) is 4.91. The first-order valence-electron chi connectivity index (χ1n) is 9.71. The number of sulfonamides is 1. The number of methoxy groups -OCH3 is 1. The lowest BCUT2D eigenvalue weighted by Crippen LogP contribution is -2.49. The highest BCUT2D eigenvalue weighted by molar-refractivity contribution is 7.92. The van der Waals surface area contributed by atoms with Crippen LogP contribution in [0.5, 0.6) is 11.5 Å². The first-order valence-corrected chi connectivity index (χ1v) is 11.3. The monoisotopic (exact) mass is 438 g/mol. The van der Waals surface area contributed by atoms with Crippen molar-refractivity contribution in [3.05, 3.63) is 84.4 Å². The molecule has 160 valence electrons. The fourth-order valence-corrected chi connectivity index (χ4v) is 4.94. The molecule has 1 aliphatic rings. The molecule has 1 N–H and O–H groups in total. The molecule has 8 heteroatoms. The van der Waals surface area contributed by atoms with Gasteiger partial charge in [0.15, 0.2) is 6.10 Å². The van der Waals surface area contributed by atoms with E-state index in [4.69, 9.17) is 9.47 Å². The Morgan fingerprint density at radius 3 is 2.42 bits per heavy atom. The Bertz CT molecular complexity index is 1160. The summed E-state index contributed by atoms with van der Waals surface area (Å²) in [6.07, 6.45) is -0.998. The molecule has 0 radical (unpaired) electrons. The summed E-state index contributed by atoms with van der Waals surface area (Å²) in [5, 5.41) is 2.77. The molecule has 1 heterocycles. The molecular weight excluding hydrogens is 416 g/mol. The normalized spacial score (nSPS) is 15.5. The molecule has 0 saturated heterocycles. The fraction of sp³-hybridized carbons (Fsp3) is 0.174. The third kappa shape index (κ3) is 4.64. The van der Waals surface area contributed by atoms with E-state index in [2.05, 4.69) is 5.32 Å². The van der Waals surface area contributed by atoms with Gasteiger partial charge < -0.3 is 14.8 Å². The van der Waals surface area contributed by atoms with Crippen LogP contribution in [-0.4, -0.2) is 34.1 Å². The first-order chi connectivity index (χ1) is 15.0. The highest BCUT2D eigenvalue weighted by Gasteiger charge is 2.36. The standard InChI is InChI=1S/C23H22N2O5S/c1-29-19-13-11-18(12-14-19)24-23(26)22-15-25(20-9-5-6-10-21(20)30-22)31(27,28)16-17-7-3-2-4-8-17/h2-14,22H,15-16H2,1H3,(H,24,26). The summed E-state index contributed by atoms with van der Waals surface area (Å²) in [7, 11) is -2.18. The number of hydrogen-bond donors (Lipinski definition) is 1. The number of para-hydroxylation sites is 2. The Labute approximate surface area is 181 Å². The maximum Gasteiger partial charge on any atom is 0.267 e. The minimum absolute atomic E-state index is 0.117. The molecular formula is C23H22N2O5S. The summed E-state index contributed by atoms with van der Waals surface area (Å²) in [6, 6.07) is 22.6. The number of hydrogen-bond acceptors (Lipinski definition) is 5. The van der Waals surface area contributed by atoms with E-state index in [0.29, 0.717) is 28.4 Å². The number of nitrogens with one attached hydrogen (secondary N) is 1. The third-order valence-corrected chi connectivity index (χ3v) is 6.63. The summed E-state index contributed by atoms with van der Waals surface area (Å²) in [5.74, 6) is 0.411. The molecule has 4 rings (SSSR count). The number of fused-ring (bicyclic) bond motifs is 1. The van der Waals surface area contributed by atoms with Gasteiger partial charge in [0, 0.05) is 5.69 Å². The Hall–Kier alpha value is -3.52. The van der Waals surface area contributed by atoms with Crippen molar-refractivity contribution in [1.82, 2.24) is 0 Å². The Morgan fingerprint density at radius 2 is 1.71 bits per heavy atom. The Morgan fingerprint density at radius 1 is 1.03 bits per heavy atom. The number of benzene rings is 3. The number of anilines is 2. The number of rotatable bonds is 6. The first kappa shape index (κ1) is 20.7. The topological polar surface area (TPSA) is 84.9 Å². The van der Waals surface area contributed by atoms with Crippen molar-refractivity contribution in [1.29, 1.82) is 0 Å². The average Bonchev–Trinajstić information content (AvgIpc) is 2.79. The van der Waals surface area contributed by atoms with Gasteiger partial charge >= 0.3 is 0 Å². The molecule has 3 aromatic carbocycles. The predicted octanol–water partition coefficient (Wildman–Crippen LogP) is 3.43. The summed E-state index contributed by atoms with van der Waals surface area (Å²) in [4.78, 5) is 12.9. The second-order valence-corrected chi connectivity index (χ2v) is 8.96. The lowest BCUT2D eigenvalue weighted by Gasteiger charge is -2.34. The zero-order valence-corrected chi connectivity index (χ0v) is 17.7. The van der Waals surface area contributed by atoms with Crippen molar-refractivity contribution in [3.8, 4) is 11.5 Å². The van der Waals surface area contributed by atoms with Crippen molar-refractivity contribution in [2.75, 3.05) is 23.3 Å². The molecule has 7 nitrogen and oxygen atoms in total. The van der Waals surface area contributed by atoms with Gasteiger partial charge in [-0.2, -0.15) is 0 Å². The Kier molecular flexibility index (Phi) is 5.81. The van der Waals surface area contributed by atoms with Crippen molar-refractivity contribution >= 4 is 27.3 Å². The maximum atomic E-state index is 13.2. The van der Waals surface area contributed by atoms with Gasteiger partial charge in [0.05, 0.1) is 25.1 Å². The molecule has 0 aromatic heterocycles. The van der Waals surface area contributed by atoms with Gasteiger partial charge in [-0.3, -0.25) is 9.10 Å². The molecule has 3 aromatic rings. The molecule has 0 aliphatic carbocycles.